The Bertz CT molecular complexity index is 587. The zero-order valence-electron chi connectivity index (χ0n) is 12.2. The molecule has 2 aromatic rings. The van der Waals surface area contributed by atoms with Gasteiger partial charge < -0.3 is 5.32 Å². The van der Waals surface area contributed by atoms with Crippen LogP contribution >= 0.6 is 15.9 Å². The highest BCUT2D eigenvalue weighted by Crippen LogP contribution is 2.22. The lowest BCUT2D eigenvalue weighted by Gasteiger charge is -2.17. The van der Waals surface area contributed by atoms with Crippen LogP contribution < -0.4 is 5.32 Å². The largest absolute Gasteiger partial charge is 0.369 e. The van der Waals surface area contributed by atoms with Gasteiger partial charge in [-0.1, -0.05) is 20.8 Å². The molecule has 2 rings (SSSR count). The van der Waals surface area contributed by atoms with E-state index in [1.165, 1.54) is 0 Å². The molecule has 1 N–H and O–H groups in total. The molecule has 0 aliphatic carbocycles. The Morgan fingerprint density at radius 2 is 2.05 bits per heavy atom. The highest BCUT2D eigenvalue weighted by atomic mass is 79.9. The fourth-order valence-electron chi connectivity index (χ4n) is 1.64. The van der Waals surface area contributed by atoms with Crippen LogP contribution in [0.15, 0.2) is 17.0 Å². The maximum absolute atomic E-state index is 4.54. The molecule has 0 atom stereocenters. The lowest BCUT2D eigenvalue weighted by atomic mass is 9.96. The van der Waals surface area contributed by atoms with Crippen LogP contribution in [0.1, 0.15) is 32.4 Å². The second-order valence-electron chi connectivity index (χ2n) is 5.66. The number of nitrogens with one attached hydrogen (secondary N) is 1. The van der Waals surface area contributed by atoms with Gasteiger partial charge in [-0.3, -0.25) is 4.68 Å². The van der Waals surface area contributed by atoms with E-state index in [2.05, 4.69) is 62.1 Å². The predicted octanol–water partition coefficient (Wildman–Crippen LogP) is 2.32. The number of aryl methyl sites for hydroxylation is 1. The zero-order valence-corrected chi connectivity index (χ0v) is 13.8. The van der Waals surface area contributed by atoms with Crippen molar-refractivity contribution in [3.8, 4) is 0 Å². The van der Waals surface area contributed by atoms with Crippen LogP contribution in [0.5, 0.6) is 0 Å². The highest BCUT2D eigenvalue weighted by molar-refractivity contribution is 9.10. The summed E-state index contributed by atoms with van der Waals surface area (Å²) in [7, 11) is 1.86. The van der Waals surface area contributed by atoms with Gasteiger partial charge in [0.1, 0.15) is 22.6 Å². The standard InChI is InChI=1S/C13H19BrN6/c1-13(2,3)12-17-9(14)7-11(18-12)15-6-5-10-16-8-20(4)19-10/h7-8H,5-6H2,1-4H3,(H,15,17,18). The van der Waals surface area contributed by atoms with Gasteiger partial charge in [0.15, 0.2) is 5.82 Å². The maximum Gasteiger partial charge on any atom is 0.152 e. The topological polar surface area (TPSA) is 68.5 Å². The van der Waals surface area contributed by atoms with E-state index >= 15 is 0 Å². The molecule has 0 radical (unpaired) electrons. The van der Waals surface area contributed by atoms with Crippen molar-refractivity contribution in [1.29, 1.82) is 0 Å². The second kappa shape index (κ2) is 5.87. The summed E-state index contributed by atoms with van der Waals surface area (Å²) in [5, 5.41) is 7.53. The van der Waals surface area contributed by atoms with Gasteiger partial charge in [0.2, 0.25) is 0 Å². The first kappa shape index (κ1) is 14.9. The van der Waals surface area contributed by atoms with E-state index in [0.29, 0.717) is 0 Å². The number of nitrogens with zero attached hydrogens (tertiary/aromatic N) is 5. The van der Waals surface area contributed by atoms with E-state index in [4.69, 9.17) is 0 Å². The molecule has 0 fully saturated rings. The first-order valence-electron chi connectivity index (χ1n) is 6.48. The molecular weight excluding hydrogens is 320 g/mol. The number of rotatable bonds is 4. The Morgan fingerprint density at radius 1 is 1.30 bits per heavy atom. The molecule has 108 valence electrons. The van der Waals surface area contributed by atoms with Gasteiger partial charge in [-0.05, 0) is 15.9 Å². The van der Waals surface area contributed by atoms with Crippen LogP contribution in [-0.4, -0.2) is 31.3 Å². The molecule has 0 spiro atoms. The first-order chi connectivity index (χ1) is 9.34. The summed E-state index contributed by atoms with van der Waals surface area (Å²) in [4.78, 5) is 13.1. The lowest BCUT2D eigenvalue weighted by molar-refractivity contribution is 0.544. The van der Waals surface area contributed by atoms with Gasteiger partial charge in [-0.25, -0.2) is 15.0 Å². The molecule has 7 heteroatoms. The van der Waals surface area contributed by atoms with E-state index in [1.807, 2.05) is 13.1 Å². The third kappa shape index (κ3) is 4.00. The molecule has 2 aromatic heterocycles. The molecule has 0 aliphatic heterocycles. The lowest BCUT2D eigenvalue weighted by Crippen LogP contribution is -2.18. The van der Waals surface area contributed by atoms with Gasteiger partial charge >= 0.3 is 0 Å². The number of aromatic nitrogens is 5. The minimum atomic E-state index is -0.0806. The third-order valence-corrected chi connectivity index (χ3v) is 3.07. The van der Waals surface area contributed by atoms with Crippen molar-refractivity contribution in [3.05, 3.63) is 28.6 Å². The van der Waals surface area contributed by atoms with Crippen LogP contribution in [-0.2, 0) is 18.9 Å². The van der Waals surface area contributed by atoms with Crippen LogP contribution in [0, 0.1) is 0 Å². The van der Waals surface area contributed by atoms with Crippen molar-refractivity contribution in [2.75, 3.05) is 11.9 Å². The number of hydrogen-bond donors (Lipinski definition) is 1. The van der Waals surface area contributed by atoms with Crippen LogP contribution in [0.2, 0.25) is 0 Å². The molecule has 0 bridgehead atoms. The summed E-state index contributed by atoms with van der Waals surface area (Å²) in [5.41, 5.74) is -0.0806. The fraction of sp³-hybridized carbons (Fsp3) is 0.538. The minimum absolute atomic E-state index is 0.0806. The molecule has 0 amide bonds. The Kier molecular flexibility index (Phi) is 4.37. The normalized spacial score (nSPS) is 11.7. The summed E-state index contributed by atoms with van der Waals surface area (Å²) < 4.78 is 2.49. The zero-order chi connectivity index (χ0) is 14.8. The first-order valence-corrected chi connectivity index (χ1v) is 7.27. The van der Waals surface area contributed by atoms with Crippen molar-refractivity contribution in [2.24, 2.45) is 7.05 Å². The number of anilines is 1. The minimum Gasteiger partial charge on any atom is -0.369 e. The smallest absolute Gasteiger partial charge is 0.152 e. The van der Waals surface area contributed by atoms with E-state index in [1.54, 1.807) is 11.0 Å². The van der Waals surface area contributed by atoms with Crippen molar-refractivity contribution in [3.63, 3.8) is 0 Å². The molecule has 0 aliphatic rings. The molecule has 0 saturated heterocycles. The average molecular weight is 339 g/mol. The molecule has 2 heterocycles. The summed E-state index contributed by atoms with van der Waals surface area (Å²) in [5.74, 6) is 2.45. The van der Waals surface area contributed by atoms with E-state index in [-0.39, 0.29) is 5.41 Å². The Hall–Kier alpha value is -1.50. The van der Waals surface area contributed by atoms with Crippen LogP contribution in [0.25, 0.3) is 0 Å². The van der Waals surface area contributed by atoms with Gasteiger partial charge in [0.25, 0.3) is 0 Å². The van der Waals surface area contributed by atoms with Gasteiger partial charge in [-0.2, -0.15) is 5.10 Å². The molecule has 0 unspecified atom stereocenters. The average Bonchev–Trinajstić information content (AvgIpc) is 2.73. The van der Waals surface area contributed by atoms with E-state index in [0.717, 1.165) is 35.0 Å². The second-order valence-corrected chi connectivity index (χ2v) is 6.47. The van der Waals surface area contributed by atoms with Crippen molar-refractivity contribution < 1.29 is 0 Å². The van der Waals surface area contributed by atoms with Crippen LogP contribution in [0.4, 0.5) is 5.82 Å². The Morgan fingerprint density at radius 3 is 2.65 bits per heavy atom. The van der Waals surface area contributed by atoms with E-state index in [9.17, 15) is 0 Å². The van der Waals surface area contributed by atoms with E-state index < -0.39 is 0 Å². The maximum atomic E-state index is 4.54. The van der Waals surface area contributed by atoms with Gasteiger partial charge in [-0.15, -0.1) is 0 Å². The SMILES string of the molecule is Cn1cnc(CCNc2cc(Br)nc(C(C)(C)C)n2)n1. The molecule has 0 saturated carbocycles. The predicted molar refractivity (Wildman–Crippen MR) is 81.6 cm³/mol. The van der Waals surface area contributed by atoms with Crippen molar-refractivity contribution in [1.82, 2.24) is 24.7 Å². The Labute approximate surface area is 127 Å². The van der Waals surface area contributed by atoms with Gasteiger partial charge in [0, 0.05) is 31.5 Å². The number of hydrogen-bond acceptors (Lipinski definition) is 5. The molecule has 0 aromatic carbocycles. The monoisotopic (exact) mass is 338 g/mol. The molecule has 6 nitrogen and oxygen atoms in total. The summed E-state index contributed by atoms with van der Waals surface area (Å²) >= 11 is 3.43. The summed E-state index contributed by atoms with van der Waals surface area (Å²) in [6.07, 6.45) is 2.46. The summed E-state index contributed by atoms with van der Waals surface area (Å²) in [6, 6.07) is 1.88. The highest BCUT2D eigenvalue weighted by Gasteiger charge is 2.18. The van der Waals surface area contributed by atoms with Crippen molar-refractivity contribution >= 4 is 21.7 Å². The van der Waals surface area contributed by atoms with Crippen molar-refractivity contribution in [2.45, 2.75) is 32.6 Å². The summed E-state index contributed by atoms with van der Waals surface area (Å²) in [6.45, 7) is 7.01. The Balaban J connectivity index is 2.00. The molecule has 20 heavy (non-hydrogen) atoms. The molecular formula is C13H19BrN6. The third-order valence-electron chi connectivity index (χ3n) is 2.67. The number of halogens is 1. The fourth-order valence-corrected chi connectivity index (χ4v) is 2.03. The van der Waals surface area contributed by atoms with Crippen LogP contribution in [0.3, 0.4) is 0 Å². The van der Waals surface area contributed by atoms with Gasteiger partial charge in [0.05, 0.1) is 0 Å². The quantitative estimate of drug-likeness (QED) is 0.866.